The minimum absolute atomic E-state index is 0.0605. The molecule has 0 saturated carbocycles. The molecule has 36 heavy (non-hydrogen) atoms. The number of carbonyl (C=O) groups excluding carboxylic acids is 3. The van der Waals surface area contributed by atoms with E-state index in [9.17, 15) is 23.9 Å². The van der Waals surface area contributed by atoms with Gasteiger partial charge in [-0.2, -0.15) is 0 Å². The molecule has 4 rings (SSSR count). The minimum atomic E-state index is -1.15. The number of rotatable bonds is 8. The molecule has 0 aliphatic heterocycles. The predicted molar refractivity (Wildman–Crippen MR) is 130 cm³/mol. The fraction of sp³-hybridized carbons (Fsp3) is 0.222. The van der Waals surface area contributed by atoms with Gasteiger partial charge in [-0.05, 0) is 40.8 Å². The number of esters is 1. The lowest BCUT2D eigenvalue weighted by molar-refractivity contribution is -0.143. The van der Waals surface area contributed by atoms with Crippen molar-refractivity contribution in [2.45, 2.75) is 24.8 Å². The number of alkyl carbamates (subject to hydrolysis) is 1. The van der Waals surface area contributed by atoms with Crippen LogP contribution in [0.2, 0.25) is 0 Å². The Balaban J connectivity index is 1.35. The van der Waals surface area contributed by atoms with Crippen molar-refractivity contribution in [2.75, 3.05) is 19.0 Å². The van der Waals surface area contributed by atoms with E-state index in [-0.39, 0.29) is 36.8 Å². The molecule has 3 N–H and O–H groups in total. The largest absolute Gasteiger partial charge is 0.508 e. The van der Waals surface area contributed by atoms with Gasteiger partial charge in [-0.15, -0.1) is 0 Å². The van der Waals surface area contributed by atoms with E-state index in [0.29, 0.717) is 0 Å². The summed E-state index contributed by atoms with van der Waals surface area (Å²) in [6, 6.07) is 17.9. The zero-order valence-corrected chi connectivity index (χ0v) is 19.5. The molecular weight excluding hydrogens is 467 g/mol. The number of phenolic OH excluding ortho intramolecular Hbond substituents is 1. The Morgan fingerprint density at radius 1 is 1.00 bits per heavy atom. The van der Waals surface area contributed by atoms with Crippen LogP contribution in [0.1, 0.15) is 29.9 Å². The van der Waals surface area contributed by atoms with Crippen LogP contribution in [-0.2, 0) is 19.1 Å². The first-order valence-corrected chi connectivity index (χ1v) is 11.3. The number of anilines is 1. The monoisotopic (exact) mass is 492 g/mol. The van der Waals surface area contributed by atoms with Crippen LogP contribution in [-0.4, -0.2) is 42.8 Å². The fourth-order valence-electron chi connectivity index (χ4n) is 4.27. The Kier molecular flexibility index (Phi) is 7.48. The van der Waals surface area contributed by atoms with Gasteiger partial charge in [0.05, 0.1) is 12.8 Å². The summed E-state index contributed by atoms with van der Waals surface area (Å²) in [5.74, 6) is -2.44. The Morgan fingerprint density at radius 3 is 2.28 bits per heavy atom. The molecule has 8 nitrogen and oxygen atoms in total. The van der Waals surface area contributed by atoms with Crippen LogP contribution in [0.15, 0.2) is 66.7 Å². The minimum Gasteiger partial charge on any atom is -0.508 e. The Hall–Kier alpha value is -4.40. The molecule has 186 valence electrons. The van der Waals surface area contributed by atoms with E-state index in [1.54, 1.807) is 0 Å². The first-order chi connectivity index (χ1) is 17.4. The molecule has 1 aliphatic carbocycles. The van der Waals surface area contributed by atoms with Crippen molar-refractivity contribution in [2.24, 2.45) is 0 Å². The van der Waals surface area contributed by atoms with Gasteiger partial charge in [-0.3, -0.25) is 4.79 Å². The Labute approximate surface area is 207 Å². The molecule has 0 bridgehead atoms. The molecule has 0 heterocycles. The summed E-state index contributed by atoms with van der Waals surface area (Å²) >= 11 is 0. The van der Waals surface area contributed by atoms with Gasteiger partial charge < -0.3 is 25.2 Å². The number of ether oxygens (including phenoxy) is 2. The second-order valence-electron chi connectivity index (χ2n) is 8.30. The van der Waals surface area contributed by atoms with E-state index in [2.05, 4.69) is 10.6 Å². The quantitative estimate of drug-likeness (QED) is 0.404. The van der Waals surface area contributed by atoms with Crippen LogP contribution < -0.4 is 10.6 Å². The molecule has 0 aromatic heterocycles. The predicted octanol–water partition coefficient (Wildman–Crippen LogP) is 4.33. The topological polar surface area (TPSA) is 114 Å². The first kappa shape index (κ1) is 24.7. The van der Waals surface area contributed by atoms with Crippen molar-refractivity contribution < 1.29 is 33.4 Å². The number of carbonyl (C=O) groups is 3. The molecule has 0 radical (unpaired) electrons. The SMILES string of the molecule is COC(=O)[C@H](CCC(=O)Nc1cc(O)ccc1F)NC(=O)OCC1c2ccccc2-c2ccccc21. The van der Waals surface area contributed by atoms with E-state index in [1.807, 2.05) is 48.5 Å². The van der Waals surface area contributed by atoms with Gasteiger partial charge in [0, 0.05) is 18.4 Å². The molecule has 0 fully saturated rings. The van der Waals surface area contributed by atoms with E-state index < -0.39 is 29.8 Å². The molecule has 3 aromatic rings. The number of aromatic hydroxyl groups is 1. The highest BCUT2D eigenvalue weighted by Gasteiger charge is 2.30. The van der Waals surface area contributed by atoms with E-state index in [0.717, 1.165) is 47.6 Å². The molecule has 9 heteroatoms. The third kappa shape index (κ3) is 5.46. The molecule has 1 aliphatic rings. The van der Waals surface area contributed by atoms with E-state index in [4.69, 9.17) is 9.47 Å². The zero-order valence-electron chi connectivity index (χ0n) is 19.5. The number of benzene rings is 3. The van der Waals surface area contributed by atoms with Gasteiger partial charge in [0.1, 0.15) is 24.2 Å². The third-order valence-electron chi connectivity index (χ3n) is 6.01. The zero-order chi connectivity index (χ0) is 25.7. The highest BCUT2D eigenvalue weighted by atomic mass is 19.1. The summed E-state index contributed by atoms with van der Waals surface area (Å²) < 4.78 is 24.0. The molecule has 1 atom stereocenters. The van der Waals surface area contributed by atoms with Crippen LogP contribution in [0.4, 0.5) is 14.9 Å². The molecule has 2 amide bonds. The number of fused-ring (bicyclic) bond motifs is 3. The van der Waals surface area contributed by atoms with Crippen molar-refractivity contribution in [1.29, 1.82) is 0 Å². The standard InChI is InChI=1S/C27H25FN2O6/c1-35-26(33)23(12-13-25(32)29-24-14-16(31)10-11-22(24)28)30-27(34)36-15-21-19-8-4-2-6-17(19)18-7-3-5-9-20(18)21/h2-11,14,21,23,31H,12-13,15H2,1H3,(H,29,32)(H,30,34)/t23-/m0/s1. The first-order valence-electron chi connectivity index (χ1n) is 11.3. The van der Waals surface area contributed by atoms with Crippen molar-refractivity contribution in [3.8, 4) is 16.9 Å². The number of hydrogen-bond donors (Lipinski definition) is 3. The van der Waals surface area contributed by atoms with Crippen LogP contribution in [0.3, 0.4) is 0 Å². The number of halogens is 1. The van der Waals surface area contributed by atoms with Crippen LogP contribution in [0, 0.1) is 5.82 Å². The lowest BCUT2D eigenvalue weighted by Crippen LogP contribution is -2.42. The van der Waals surface area contributed by atoms with Gasteiger partial charge in [-0.1, -0.05) is 48.5 Å². The number of hydrogen-bond acceptors (Lipinski definition) is 6. The smallest absolute Gasteiger partial charge is 0.407 e. The third-order valence-corrected chi connectivity index (χ3v) is 6.01. The summed E-state index contributed by atoms with van der Waals surface area (Å²) in [6.07, 6.45) is -1.16. The molecular formula is C27H25FN2O6. The number of amides is 2. The van der Waals surface area contributed by atoms with Crippen LogP contribution in [0.5, 0.6) is 5.75 Å². The van der Waals surface area contributed by atoms with Crippen LogP contribution in [0.25, 0.3) is 11.1 Å². The highest BCUT2D eigenvalue weighted by molar-refractivity contribution is 5.91. The summed E-state index contributed by atoms with van der Waals surface area (Å²) in [5.41, 5.74) is 4.07. The average Bonchev–Trinajstić information content (AvgIpc) is 3.20. The summed E-state index contributed by atoms with van der Waals surface area (Å²) in [4.78, 5) is 37.0. The summed E-state index contributed by atoms with van der Waals surface area (Å²) in [5, 5.41) is 14.2. The second-order valence-corrected chi connectivity index (χ2v) is 8.30. The Morgan fingerprint density at radius 2 is 1.64 bits per heavy atom. The maximum Gasteiger partial charge on any atom is 0.407 e. The van der Waals surface area contributed by atoms with Gasteiger partial charge in [0.2, 0.25) is 5.91 Å². The van der Waals surface area contributed by atoms with Gasteiger partial charge >= 0.3 is 12.1 Å². The maximum absolute atomic E-state index is 13.8. The average molecular weight is 493 g/mol. The van der Waals surface area contributed by atoms with Gasteiger partial charge in [0.25, 0.3) is 0 Å². The normalized spacial score (nSPS) is 12.7. The van der Waals surface area contributed by atoms with Crippen molar-refractivity contribution >= 4 is 23.7 Å². The van der Waals surface area contributed by atoms with E-state index >= 15 is 0 Å². The van der Waals surface area contributed by atoms with Crippen molar-refractivity contribution in [1.82, 2.24) is 5.32 Å². The van der Waals surface area contributed by atoms with E-state index in [1.165, 1.54) is 0 Å². The highest BCUT2D eigenvalue weighted by Crippen LogP contribution is 2.44. The molecule has 3 aromatic carbocycles. The molecule has 0 saturated heterocycles. The van der Waals surface area contributed by atoms with Crippen molar-refractivity contribution in [3.63, 3.8) is 0 Å². The van der Waals surface area contributed by atoms with Gasteiger partial charge in [-0.25, -0.2) is 14.0 Å². The number of methoxy groups -OCH3 is 1. The van der Waals surface area contributed by atoms with Crippen LogP contribution >= 0.6 is 0 Å². The Bertz CT molecular complexity index is 1250. The molecule has 0 unspecified atom stereocenters. The summed E-state index contributed by atoms with van der Waals surface area (Å²) in [7, 11) is 1.16. The fourth-order valence-corrected chi connectivity index (χ4v) is 4.27. The maximum atomic E-state index is 13.8. The lowest BCUT2D eigenvalue weighted by atomic mass is 9.98. The number of nitrogens with one attached hydrogen (secondary N) is 2. The molecule has 0 spiro atoms. The second kappa shape index (κ2) is 10.9. The number of phenols is 1. The van der Waals surface area contributed by atoms with Crippen molar-refractivity contribution in [3.05, 3.63) is 83.7 Å². The van der Waals surface area contributed by atoms with Gasteiger partial charge in [0.15, 0.2) is 0 Å². The summed E-state index contributed by atoms with van der Waals surface area (Å²) in [6.45, 7) is 0.0605. The lowest BCUT2D eigenvalue weighted by Gasteiger charge is -2.18.